The van der Waals surface area contributed by atoms with Crippen LogP contribution in [0, 0.1) is 10.1 Å². The number of nitrogens with zero attached hydrogens (tertiary/aromatic N) is 3. The number of nitrogens with two attached hydrogens (primary N) is 1. The first kappa shape index (κ1) is 14.9. The molecule has 2 aromatic rings. The van der Waals surface area contributed by atoms with Crippen molar-refractivity contribution >= 4 is 27.5 Å². The van der Waals surface area contributed by atoms with Gasteiger partial charge in [0, 0.05) is 12.1 Å². The number of pyridine rings is 1. The van der Waals surface area contributed by atoms with Gasteiger partial charge >= 0.3 is 0 Å². The minimum Gasteiger partial charge on any atom is -0.359 e. The van der Waals surface area contributed by atoms with Gasteiger partial charge in [0.2, 0.25) is 0 Å². The lowest BCUT2D eigenvalue weighted by Gasteiger charge is -2.03. The zero-order valence-corrected chi connectivity index (χ0v) is 11.9. The van der Waals surface area contributed by atoms with Crippen molar-refractivity contribution in [2.75, 3.05) is 0 Å². The summed E-state index contributed by atoms with van der Waals surface area (Å²) in [5.74, 6) is 4.46. The number of amides is 1. The molecule has 0 spiro atoms. The molecule has 110 valence electrons. The average Bonchev–Trinajstić information content (AvgIpc) is 2.91. The smallest absolute Gasteiger partial charge is 0.287 e. The van der Waals surface area contributed by atoms with Gasteiger partial charge in [-0.2, -0.15) is 0 Å². The molecule has 0 aromatic carbocycles. The Morgan fingerprint density at radius 3 is 2.90 bits per heavy atom. The number of carbonyl (C=O) groups excluding carboxylic acids is 1. The highest BCUT2D eigenvalue weighted by Crippen LogP contribution is 2.15. The summed E-state index contributed by atoms with van der Waals surface area (Å²) in [6, 6.07) is 2.38. The fourth-order valence-electron chi connectivity index (χ4n) is 1.54. The molecule has 11 heteroatoms. The van der Waals surface area contributed by atoms with Crippen molar-refractivity contribution in [3.05, 3.63) is 54.7 Å². The maximum absolute atomic E-state index is 11.9. The number of hydrogen-bond donors (Lipinski definition) is 2. The number of halogens is 1. The maximum Gasteiger partial charge on any atom is 0.287 e. The van der Waals surface area contributed by atoms with Crippen LogP contribution in [0.25, 0.3) is 0 Å². The largest absolute Gasteiger partial charge is 0.359 e. The molecule has 0 fully saturated rings. The van der Waals surface area contributed by atoms with E-state index in [0.29, 0.717) is 0 Å². The number of aromatic nitrogens is 2. The molecule has 1 amide bonds. The molecule has 2 heterocycles. The number of carbonyl (C=O) groups is 1. The fraction of sp³-hybridized carbons (Fsp3) is 0.100. The van der Waals surface area contributed by atoms with Crippen LogP contribution >= 0.6 is 15.9 Å². The molecule has 0 aliphatic heterocycles. The number of rotatable bonds is 4. The first-order valence-corrected chi connectivity index (χ1v) is 6.22. The number of nitrogens with one attached hydrogen (secondary N) is 1. The summed E-state index contributed by atoms with van der Waals surface area (Å²) in [7, 11) is 0. The van der Waals surface area contributed by atoms with Crippen molar-refractivity contribution in [1.82, 2.24) is 15.1 Å². The van der Waals surface area contributed by atoms with Gasteiger partial charge in [-0.1, -0.05) is 5.16 Å². The van der Waals surface area contributed by atoms with E-state index in [1.165, 1.54) is 6.07 Å². The van der Waals surface area contributed by atoms with Crippen LogP contribution in [-0.4, -0.2) is 20.6 Å². The quantitative estimate of drug-likeness (QED) is 0.342. The van der Waals surface area contributed by atoms with Gasteiger partial charge in [0.1, 0.15) is 0 Å². The number of nitro groups is 1. The summed E-state index contributed by atoms with van der Waals surface area (Å²) < 4.78 is 5.98. The summed E-state index contributed by atoms with van der Waals surface area (Å²) >= 11 is 2.95. The summed E-state index contributed by atoms with van der Waals surface area (Å²) in [5, 5.41) is 14.2. The maximum atomic E-state index is 11.9. The van der Waals surface area contributed by atoms with Gasteiger partial charge in [-0.05, 0) is 15.9 Å². The molecule has 3 N–H and O–H groups in total. The van der Waals surface area contributed by atoms with Gasteiger partial charge in [-0.15, -0.1) is 0 Å². The molecule has 2 aromatic heterocycles. The predicted octanol–water partition coefficient (Wildman–Crippen LogP) is 0.159. The van der Waals surface area contributed by atoms with Crippen LogP contribution in [0.15, 0.2) is 32.1 Å². The van der Waals surface area contributed by atoms with Crippen LogP contribution < -0.4 is 16.8 Å². The normalized spacial score (nSPS) is 10.4. The second-order valence-electron chi connectivity index (χ2n) is 3.89. The highest BCUT2D eigenvalue weighted by molar-refractivity contribution is 9.10. The number of hydrogen-bond acceptors (Lipinski definition) is 7. The van der Waals surface area contributed by atoms with E-state index in [1.54, 1.807) is 0 Å². The second-order valence-corrected chi connectivity index (χ2v) is 4.74. The monoisotopic (exact) mass is 357 g/mol. The van der Waals surface area contributed by atoms with Crippen molar-refractivity contribution in [3.63, 3.8) is 0 Å². The van der Waals surface area contributed by atoms with E-state index in [0.717, 1.165) is 16.8 Å². The van der Waals surface area contributed by atoms with E-state index in [9.17, 15) is 19.7 Å². The third-order valence-electron chi connectivity index (χ3n) is 2.49. The molecule has 0 aliphatic carbocycles. The lowest BCUT2D eigenvalue weighted by Crippen LogP contribution is -2.30. The lowest BCUT2D eigenvalue weighted by molar-refractivity contribution is -0.385. The van der Waals surface area contributed by atoms with Gasteiger partial charge in [-0.3, -0.25) is 25.1 Å². The van der Waals surface area contributed by atoms with Crippen LogP contribution in [0.4, 0.5) is 5.69 Å². The first-order chi connectivity index (χ1) is 9.92. The molecule has 21 heavy (non-hydrogen) atoms. The summed E-state index contributed by atoms with van der Waals surface area (Å²) in [4.78, 5) is 33.2. The van der Waals surface area contributed by atoms with Crippen molar-refractivity contribution in [3.8, 4) is 0 Å². The Kier molecular flexibility index (Phi) is 4.14. The van der Waals surface area contributed by atoms with E-state index in [2.05, 4.69) is 21.1 Å². The minimum absolute atomic E-state index is 0.0381. The third-order valence-corrected chi connectivity index (χ3v) is 3.06. The minimum atomic E-state index is -0.655. The number of hydrazine groups is 1. The Morgan fingerprint density at radius 2 is 2.29 bits per heavy atom. The van der Waals surface area contributed by atoms with E-state index in [4.69, 9.17) is 10.4 Å². The zero-order chi connectivity index (χ0) is 15.6. The molecule has 2 rings (SSSR count). The Balaban J connectivity index is 2.35. The highest BCUT2D eigenvalue weighted by atomic mass is 79.9. The van der Waals surface area contributed by atoms with Gasteiger partial charge in [0.15, 0.2) is 11.5 Å². The SMILES string of the molecule is NNC(=O)c1cc(Cn2cc([N+](=O)[O-])cc(Br)c2=O)on1. The van der Waals surface area contributed by atoms with E-state index >= 15 is 0 Å². The zero-order valence-electron chi connectivity index (χ0n) is 10.3. The average molecular weight is 358 g/mol. The van der Waals surface area contributed by atoms with Crippen molar-refractivity contribution in [1.29, 1.82) is 0 Å². The predicted molar refractivity (Wildman–Crippen MR) is 72.3 cm³/mol. The van der Waals surface area contributed by atoms with E-state index in [-0.39, 0.29) is 28.2 Å². The highest BCUT2D eigenvalue weighted by Gasteiger charge is 2.15. The lowest BCUT2D eigenvalue weighted by atomic mass is 10.3. The van der Waals surface area contributed by atoms with Crippen LogP contribution in [0.2, 0.25) is 0 Å². The Labute approximate surface area is 124 Å². The van der Waals surface area contributed by atoms with Crippen LogP contribution in [0.5, 0.6) is 0 Å². The van der Waals surface area contributed by atoms with Crippen molar-refractivity contribution < 1.29 is 14.2 Å². The molecule has 0 bridgehead atoms. The van der Waals surface area contributed by atoms with Crippen LogP contribution in [0.1, 0.15) is 16.2 Å². The Morgan fingerprint density at radius 1 is 1.57 bits per heavy atom. The molecule has 0 aliphatic rings. The van der Waals surface area contributed by atoms with Crippen LogP contribution in [-0.2, 0) is 6.54 Å². The van der Waals surface area contributed by atoms with Gasteiger partial charge in [0.25, 0.3) is 17.2 Å². The third kappa shape index (κ3) is 3.14. The standard InChI is InChI=1S/C10H8BrN5O5/c11-7-1-5(16(19)20)3-15(10(7)18)4-6-2-8(14-21-6)9(17)13-12/h1-3H,4,12H2,(H,13,17). The van der Waals surface area contributed by atoms with Crippen LogP contribution in [0.3, 0.4) is 0 Å². The summed E-state index contributed by atoms with van der Waals surface area (Å²) in [6.07, 6.45) is 1.07. The van der Waals surface area contributed by atoms with E-state index < -0.39 is 16.4 Å². The molecule has 10 nitrogen and oxygen atoms in total. The molecule has 0 radical (unpaired) electrons. The van der Waals surface area contributed by atoms with E-state index in [1.807, 2.05) is 5.43 Å². The number of nitrogen functional groups attached to an aromatic ring is 1. The first-order valence-electron chi connectivity index (χ1n) is 5.43. The second kappa shape index (κ2) is 5.85. The van der Waals surface area contributed by atoms with Gasteiger partial charge in [0.05, 0.1) is 22.1 Å². The van der Waals surface area contributed by atoms with Crippen molar-refractivity contribution in [2.24, 2.45) is 5.84 Å². The fourth-order valence-corrected chi connectivity index (χ4v) is 2.00. The van der Waals surface area contributed by atoms with Gasteiger partial charge < -0.3 is 9.09 Å². The summed E-state index contributed by atoms with van der Waals surface area (Å²) in [6.45, 7) is -0.121. The Hall–Kier alpha value is -2.53. The van der Waals surface area contributed by atoms with Gasteiger partial charge in [-0.25, -0.2) is 5.84 Å². The molecule has 0 saturated heterocycles. The molecular formula is C10H8BrN5O5. The summed E-state index contributed by atoms with van der Waals surface area (Å²) in [5.41, 5.74) is 1.06. The molecule has 0 saturated carbocycles. The molecule has 0 atom stereocenters. The molecular weight excluding hydrogens is 350 g/mol. The topological polar surface area (TPSA) is 146 Å². The van der Waals surface area contributed by atoms with Crippen molar-refractivity contribution in [2.45, 2.75) is 6.54 Å². The molecule has 0 unspecified atom stereocenters. The Bertz CT molecular complexity index is 767.